The molecule has 4 rings (SSSR count). The lowest BCUT2D eigenvalue weighted by Gasteiger charge is -2.33. The van der Waals surface area contributed by atoms with Crippen molar-refractivity contribution in [3.8, 4) is 0 Å². The first-order valence-corrected chi connectivity index (χ1v) is 8.59. The summed E-state index contributed by atoms with van der Waals surface area (Å²) in [7, 11) is 0. The fraction of sp³-hybridized carbons (Fsp3) is 0.389. The number of benzene rings is 1. The summed E-state index contributed by atoms with van der Waals surface area (Å²) in [6.07, 6.45) is 3.77. The number of piperidine rings is 1. The van der Waals surface area contributed by atoms with Crippen LogP contribution < -0.4 is 5.32 Å². The largest absolute Gasteiger partial charge is 0.378 e. The zero-order valence-corrected chi connectivity index (χ0v) is 14.2. The number of nitrogens with one attached hydrogen (secondary N) is 1. The van der Waals surface area contributed by atoms with Crippen molar-refractivity contribution in [1.82, 2.24) is 24.7 Å². The maximum absolute atomic E-state index is 13.9. The van der Waals surface area contributed by atoms with E-state index in [1.807, 2.05) is 25.1 Å². The van der Waals surface area contributed by atoms with E-state index in [2.05, 4.69) is 25.5 Å². The van der Waals surface area contributed by atoms with Crippen LogP contribution in [0.1, 0.15) is 24.1 Å². The van der Waals surface area contributed by atoms with Crippen molar-refractivity contribution in [3.05, 3.63) is 53.7 Å². The molecule has 0 spiro atoms. The molecule has 1 aromatic carbocycles. The predicted octanol–water partition coefficient (Wildman–Crippen LogP) is 2.65. The summed E-state index contributed by atoms with van der Waals surface area (Å²) in [5.41, 5.74) is 3.34. The van der Waals surface area contributed by atoms with Crippen LogP contribution in [-0.2, 0) is 6.54 Å². The minimum atomic E-state index is -0.132. The second kappa shape index (κ2) is 6.76. The van der Waals surface area contributed by atoms with E-state index in [0.29, 0.717) is 12.6 Å². The number of likely N-dealkylation sites (tertiary alicyclic amines) is 1. The van der Waals surface area contributed by atoms with Gasteiger partial charge in [-0.1, -0.05) is 18.2 Å². The van der Waals surface area contributed by atoms with Crippen LogP contribution in [0.2, 0.25) is 0 Å². The van der Waals surface area contributed by atoms with Crippen molar-refractivity contribution in [2.24, 2.45) is 0 Å². The molecule has 2 aromatic heterocycles. The number of aromatic nitrogens is 4. The maximum atomic E-state index is 13.9. The summed E-state index contributed by atoms with van der Waals surface area (Å²) < 4.78 is 15.6. The van der Waals surface area contributed by atoms with E-state index in [-0.39, 0.29) is 5.82 Å². The minimum absolute atomic E-state index is 0.132. The number of hydrogen-bond acceptors (Lipinski definition) is 5. The Labute approximate surface area is 145 Å². The summed E-state index contributed by atoms with van der Waals surface area (Å²) in [5, 5.41) is 16.0. The lowest BCUT2D eigenvalue weighted by Crippen LogP contribution is -2.41. The van der Waals surface area contributed by atoms with Crippen molar-refractivity contribution >= 4 is 11.3 Å². The first-order chi connectivity index (χ1) is 12.2. The Bertz CT molecular complexity index is 877. The van der Waals surface area contributed by atoms with Crippen LogP contribution in [0, 0.1) is 12.7 Å². The molecule has 130 valence electrons. The molecule has 3 heterocycles. The molecule has 1 aliphatic rings. The van der Waals surface area contributed by atoms with E-state index in [1.54, 1.807) is 16.9 Å². The average molecular weight is 340 g/mol. The molecule has 25 heavy (non-hydrogen) atoms. The number of nitrogens with zero attached hydrogens (tertiary/aromatic N) is 5. The number of halogens is 1. The van der Waals surface area contributed by atoms with E-state index in [9.17, 15) is 4.39 Å². The number of hydrogen-bond donors (Lipinski definition) is 1. The van der Waals surface area contributed by atoms with Gasteiger partial charge in [-0.25, -0.2) is 4.39 Å². The third-order valence-corrected chi connectivity index (χ3v) is 4.61. The fourth-order valence-electron chi connectivity index (χ4n) is 3.46. The van der Waals surface area contributed by atoms with Crippen LogP contribution in [0.5, 0.6) is 0 Å². The normalized spacial score (nSPS) is 18.6. The molecule has 1 aliphatic heterocycles. The van der Waals surface area contributed by atoms with Gasteiger partial charge in [0.2, 0.25) is 5.65 Å². The van der Waals surface area contributed by atoms with Crippen LogP contribution >= 0.6 is 0 Å². The van der Waals surface area contributed by atoms with Crippen molar-refractivity contribution in [1.29, 1.82) is 0 Å². The zero-order valence-electron chi connectivity index (χ0n) is 14.2. The van der Waals surface area contributed by atoms with Gasteiger partial charge in [0, 0.05) is 24.7 Å². The number of anilines is 1. The van der Waals surface area contributed by atoms with Gasteiger partial charge in [-0.2, -0.15) is 9.61 Å². The Kier molecular flexibility index (Phi) is 4.31. The van der Waals surface area contributed by atoms with Crippen molar-refractivity contribution < 1.29 is 4.39 Å². The second-order valence-electron chi connectivity index (χ2n) is 6.61. The predicted molar refractivity (Wildman–Crippen MR) is 93.8 cm³/mol. The molecule has 7 heteroatoms. The molecular weight excluding hydrogens is 319 g/mol. The maximum Gasteiger partial charge on any atom is 0.200 e. The van der Waals surface area contributed by atoms with E-state index >= 15 is 0 Å². The Hall–Kier alpha value is -2.54. The molecule has 1 unspecified atom stereocenters. The van der Waals surface area contributed by atoms with Crippen LogP contribution in [0.4, 0.5) is 10.1 Å². The Morgan fingerprint density at radius 1 is 1.32 bits per heavy atom. The van der Waals surface area contributed by atoms with E-state index in [0.717, 1.165) is 48.5 Å². The van der Waals surface area contributed by atoms with Crippen LogP contribution in [0.3, 0.4) is 0 Å². The highest BCUT2D eigenvalue weighted by atomic mass is 19.1. The van der Waals surface area contributed by atoms with Gasteiger partial charge < -0.3 is 5.32 Å². The highest BCUT2D eigenvalue weighted by Gasteiger charge is 2.21. The van der Waals surface area contributed by atoms with Gasteiger partial charge in [0.1, 0.15) is 12.1 Å². The molecule has 0 amide bonds. The van der Waals surface area contributed by atoms with Gasteiger partial charge >= 0.3 is 0 Å². The lowest BCUT2D eigenvalue weighted by molar-refractivity contribution is 0.206. The van der Waals surface area contributed by atoms with Crippen LogP contribution in [0.15, 0.2) is 36.7 Å². The van der Waals surface area contributed by atoms with Gasteiger partial charge in [0.25, 0.3) is 0 Å². The highest BCUT2D eigenvalue weighted by Crippen LogP contribution is 2.21. The van der Waals surface area contributed by atoms with E-state index in [4.69, 9.17) is 0 Å². The molecular formula is C18H21FN6. The first kappa shape index (κ1) is 16.0. The SMILES string of the molecule is Cc1cc(NC2CCCN(Cc3ccccc3F)C2)c2nncn2n1. The summed E-state index contributed by atoms with van der Waals surface area (Å²) in [4.78, 5) is 2.30. The molecule has 1 fully saturated rings. The van der Waals surface area contributed by atoms with Crippen LogP contribution in [0.25, 0.3) is 5.65 Å². The van der Waals surface area contributed by atoms with E-state index < -0.39 is 0 Å². The molecule has 6 nitrogen and oxygen atoms in total. The monoisotopic (exact) mass is 340 g/mol. The molecule has 0 bridgehead atoms. The number of rotatable bonds is 4. The molecule has 1 saturated heterocycles. The first-order valence-electron chi connectivity index (χ1n) is 8.59. The topological polar surface area (TPSA) is 58.3 Å². The van der Waals surface area contributed by atoms with Crippen molar-refractivity contribution in [2.45, 2.75) is 32.4 Å². The van der Waals surface area contributed by atoms with Crippen molar-refractivity contribution in [3.63, 3.8) is 0 Å². The number of aryl methyl sites for hydroxylation is 1. The third-order valence-electron chi connectivity index (χ3n) is 4.61. The Balaban J connectivity index is 1.48. The quantitative estimate of drug-likeness (QED) is 0.791. The van der Waals surface area contributed by atoms with E-state index in [1.165, 1.54) is 6.07 Å². The molecule has 0 radical (unpaired) electrons. The Morgan fingerprint density at radius 2 is 2.20 bits per heavy atom. The average Bonchev–Trinajstić information content (AvgIpc) is 3.06. The lowest BCUT2D eigenvalue weighted by atomic mass is 10.0. The highest BCUT2D eigenvalue weighted by molar-refractivity contribution is 5.67. The molecule has 0 saturated carbocycles. The molecule has 1 N–H and O–H groups in total. The third kappa shape index (κ3) is 3.46. The fourth-order valence-corrected chi connectivity index (χ4v) is 3.46. The van der Waals surface area contributed by atoms with Gasteiger partial charge in [-0.05, 0) is 38.4 Å². The minimum Gasteiger partial charge on any atom is -0.378 e. The molecule has 0 aliphatic carbocycles. The van der Waals surface area contributed by atoms with Gasteiger partial charge in [-0.3, -0.25) is 4.90 Å². The zero-order chi connectivity index (χ0) is 17.2. The summed E-state index contributed by atoms with van der Waals surface area (Å²) >= 11 is 0. The molecule has 3 aromatic rings. The number of fused-ring (bicyclic) bond motifs is 1. The van der Waals surface area contributed by atoms with Crippen LogP contribution in [-0.4, -0.2) is 43.8 Å². The summed E-state index contributed by atoms with van der Waals surface area (Å²) in [5.74, 6) is -0.132. The standard InChI is InChI=1S/C18H21FN6/c1-13-9-17(18-22-20-12-25(18)23-13)21-15-6-4-8-24(11-15)10-14-5-2-3-7-16(14)19/h2-3,5,7,9,12,15,21H,4,6,8,10-11H2,1H3. The summed E-state index contributed by atoms with van der Waals surface area (Å²) in [6.45, 7) is 4.45. The Morgan fingerprint density at radius 3 is 3.08 bits per heavy atom. The van der Waals surface area contributed by atoms with Gasteiger partial charge in [0.05, 0.1) is 11.4 Å². The second-order valence-corrected chi connectivity index (χ2v) is 6.61. The van der Waals surface area contributed by atoms with Gasteiger partial charge in [0.15, 0.2) is 0 Å². The van der Waals surface area contributed by atoms with Gasteiger partial charge in [-0.15, -0.1) is 10.2 Å². The molecule has 1 atom stereocenters. The van der Waals surface area contributed by atoms with Crippen molar-refractivity contribution in [2.75, 3.05) is 18.4 Å². The smallest absolute Gasteiger partial charge is 0.200 e. The summed E-state index contributed by atoms with van der Waals surface area (Å²) in [6, 6.07) is 9.30.